The van der Waals surface area contributed by atoms with Crippen molar-refractivity contribution in [2.75, 3.05) is 0 Å². The number of rotatable bonds is 2. The largest absolute Gasteiger partial charge is 0.274 e. The van der Waals surface area contributed by atoms with Crippen molar-refractivity contribution in [3.05, 3.63) is 0 Å². The fourth-order valence-corrected chi connectivity index (χ4v) is 2.04. The average molecular weight is 206 g/mol. The summed E-state index contributed by atoms with van der Waals surface area (Å²) in [6, 6.07) is 1.58. The van der Waals surface area contributed by atoms with E-state index in [0.29, 0.717) is 0 Å². The molecule has 1 heterocycles. The molecule has 1 aliphatic heterocycles. The number of hydrogen-bond acceptors (Lipinski definition) is 3. The minimum Gasteiger partial charge on any atom is -0.274 e. The molecule has 2 fully saturated rings. The molecule has 0 N–H and O–H groups in total. The van der Waals surface area contributed by atoms with E-state index < -0.39 is 6.04 Å². The topological polar surface area (TPSA) is 61.2 Å². The minimum atomic E-state index is -0.516. The van der Waals surface area contributed by atoms with Crippen molar-refractivity contribution in [3.63, 3.8) is 0 Å². The van der Waals surface area contributed by atoms with Crippen molar-refractivity contribution >= 4 is 11.8 Å². The highest BCUT2D eigenvalue weighted by molar-refractivity contribution is 6.05. The Balaban J connectivity index is 2.25. The number of carbonyl (C=O) groups is 2. The number of hydrogen-bond donors (Lipinski definition) is 0. The number of nitriles is 1. The van der Waals surface area contributed by atoms with Gasteiger partial charge in [0.15, 0.2) is 0 Å². The van der Waals surface area contributed by atoms with E-state index in [4.69, 9.17) is 5.26 Å². The van der Waals surface area contributed by atoms with Crippen LogP contribution in [0.1, 0.15) is 26.7 Å². The van der Waals surface area contributed by atoms with E-state index in [0.717, 1.165) is 12.8 Å². The Kier molecular flexibility index (Phi) is 2.26. The first-order valence-electron chi connectivity index (χ1n) is 5.34. The molecular formula is C11H14N2O2. The lowest BCUT2D eigenvalue weighted by atomic mass is 10.00. The summed E-state index contributed by atoms with van der Waals surface area (Å²) in [5, 5.41) is 9.01. The van der Waals surface area contributed by atoms with Gasteiger partial charge in [-0.25, -0.2) is 0 Å². The van der Waals surface area contributed by atoms with Crippen LogP contribution in [0.15, 0.2) is 0 Å². The second-order valence-electron chi connectivity index (χ2n) is 4.54. The maximum atomic E-state index is 11.8. The monoisotopic (exact) mass is 206 g/mol. The summed E-state index contributed by atoms with van der Waals surface area (Å²) in [5.41, 5.74) is 0. The molecule has 15 heavy (non-hydrogen) atoms. The van der Waals surface area contributed by atoms with Crippen LogP contribution in [0.2, 0.25) is 0 Å². The highest BCUT2D eigenvalue weighted by atomic mass is 16.2. The summed E-state index contributed by atoms with van der Waals surface area (Å²) in [6.45, 7) is 3.51. The van der Waals surface area contributed by atoms with E-state index in [1.165, 1.54) is 4.90 Å². The highest BCUT2D eigenvalue weighted by Gasteiger charge is 2.49. The van der Waals surface area contributed by atoms with E-state index in [9.17, 15) is 9.59 Å². The fraction of sp³-hybridized carbons (Fsp3) is 0.727. The van der Waals surface area contributed by atoms with Gasteiger partial charge >= 0.3 is 0 Å². The van der Waals surface area contributed by atoms with Crippen LogP contribution >= 0.6 is 0 Å². The highest BCUT2D eigenvalue weighted by Crippen LogP contribution is 2.38. The molecule has 1 aliphatic carbocycles. The lowest BCUT2D eigenvalue weighted by Crippen LogP contribution is -2.41. The predicted molar refractivity (Wildman–Crippen MR) is 52.3 cm³/mol. The molecule has 0 radical (unpaired) electrons. The normalized spacial score (nSPS) is 33.0. The molecule has 1 saturated heterocycles. The quantitative estimate of drug-likeness (QED) is 0.631. The lowest BCUT2D eigenvalue weighted by Gasteiger charge is -2.20. The Hall–Kier alpha value is -1.37. The molecule has 2 amide bonds. The van der Waals surface area contributed by atoms with Crippen LogP contribution in [-0.2, 0) is 9.59 Å². The molecule has 1 saturated carbocycles. The van der Waals surface area contributed by atoms with Crippen LogP contribution < -0.4 is 0 Å². The number of likely N-dealkylation sites (tertiary alicyclic amines) is 1. The number of imide groups is 1. The van der Waals surface area contributed by atoms with Crippen LogP contribution in [-0.4, -0.2) is 22.8 Å². The summed E-state index contributed by atoms with van der Waals surface area (Å²) in [4.78, 5) is 24.8. The lowest BCUT2D eigenvalue weighted by molar-refractivity contribution is -0.141. The first kappa shape index (κ1) is 10.2. The van der Waals surface area contributed by atoms with Crippen LogP contribution in [0.3, 0.4) is 0 Å². The van der Waals surface area contributed by atoms with Gasteiger partial charge in [0.25, 0.3) is 0 Å². The zero-order valence-corrected chi connectivity index (χ0v) is 8.93. The van der Waals surface area contributed by atoms with Gasteiger partial charge in [-0.15, -0.1) is 0 Å². The second-order valence-corrected chi connectivity index (χ2v) is 4.54. The van der Waals surface area contributed by atoms with E-state index in [-0.39, 0.29) is 29.6 Å². The maximum Gasteiger partial charge on any atom is 0.233 e. The minimum absolute atomic E-state index is 0.175. The van der Waals surface area contributed by atoms with Crippen molar-refractivity contribution in [3.8, 4) is 6.07 Å². The first-order valence-corrected chi connectivity index (χ1v) is 5.34. The Morgan fingerprint density at radius 3 is 2.07 bits per heavy atom. The van der Waals surface area contributed by atoms with Crippen LogP contribution in [0.4, 0.5) is 0 Å². The Labute approximate surface area is 88.9 Å². The zero-order valence-electron chi connectivity index (χ0n) is 8.93. The van der Waals surface area contributed by atoms with Crippen molar-refractivity contribution in [2.45, 2.75) is 32.7 Å². The van der Waals surface area contributed by atoms with Gasteiger partial charge in [-0.2, -0.15) is 5.26 Å². The van der Waals surface area contributed by atoms with Crippen molar-refractivity contribution in [2.24, 2.45) is 17.8 Å². The van der Waals surface area contributed by atoms with Crippen molar-refractivity contribution < 1.29 is 9.59 Å². The van der Waals surface area contributed by atoms with E-state index in [2.05, 4.69) is 6.07 Å². The third-order valence-electron chi connectivity index (χ3n) is 3.48. The van der Waals surface area contributed by atoms with Crippen LogP contribution in [0.25, 0.3) is 0 Å². The summed E-state index contributed by atoms with van der Waals surface area (Å²) in [5.74, 6) is -0.670. The summed E-state index contributed by atoms with van der Waals surface area (Å²) >= 11 is 0. The third kappa shape index (κ3) is 1.43. The molecule has 2 aliphatic rings. The average Bonchev–Trinajstić information content (AvgIpc) is 3.02. The van der Waals surface area contributed by atoms with Crippen LogP contribution in [0, 0.1) is 29.1 Å². The van der Waals surface area contributed by atoms with Gasteiger partial charge in [0, 0.05) is 11.8 Å². The van der Waals surface area contributed by atoms with E-state index in [1.807, 2.05) is 0 Å². The molecule has 0 aromatic rings. The van der Waals surface area contributed by atoms with Crippen molar-refractivity contribution in [1.82, 2.24) is 4.90 Å². The van der Waals surface area contributed by atoms with Gasteiger partial charge in [0.05, 0.1) is 6.07 Å². The smallest absolute Gasteiger partial charge is 0.233 e. The molecule has 3 unspecified atom stereocenters. The zero-order chi connectivity index (χ0) is 11.2. The molecular weight excluding hydrogens is 192 g/mol. The maximum absolute atomic E-state index is 11.8. The van der Waals surface area contributed by atoms with E-state index in [1.54, 1.807) is 13.8 Å². The molecule has 2 rings (SSSR count). The number of carbonyl (C=O) groups excluding carboxylic acids is 2. The standard InChI is InChI=1S/C11H14N2O2/c1-6-7(2)11(15)13(10(6)14)9(5-12)8-3-4-8/h6-9H,3-4H2,1-2H3. The van der Waals surface area contributed by atoms with E-state index >= 15 is 0 Å². The third-order valence-corrected chi connectivity index (χ3v) is 3.48. The molecule has 0 aromatic heterocycles. The molecule has 4 nitrogen and oxygen atoms in total. The van der Waals surface area contributed by atoms with Gasteiger partial charge in [0.1, 0.15) is 6.04 Å². The van der Waals surface area contributed by atoms with Crippen LogP contribution in [0.5, 0.6) is 0 Å². The molecule has 3 atom stereocenters. The Morgan fingerprint density at radius 1 is 1.27 bits per heavy atom. The summed E-state index contributed by atoms with van der Waals surface area (Å²) in [7, 11) is 0. The van der Waals surface area contributed by atoms with Gasteiger partial charge in [-0.05, 0) is 18.8 Å². The van der Waals surface area contributed by atoms with Gasteiger partial charge < -0.3 is 0 Å². The van der Waals surface area contributed by atoms with Gasteiger partial charge in [-0.3, -0.25) is 14.5 Å². The summed E-state index contributed by atoms with van der Waals surface area (Å²) < 4.78 is 0. The fourth-order valence-electron chi connectivity index (χ4n) is 2.04. The predicted octanol–water partition coefficient (Wildman–Crippen LogP) is 0.930. The Morgan fingerprint density at radius 2 is 1.73 bits per heavy atom. The molecule has 0 aromatic carbocycles. The second kappa shape index (κ2) is 3.34. The SMILES string of the molecule is CC1C(=O)N(C(C#N)C2CC2)C(=O)C1C. The van der Waals surface area contributed by atoms with Gasteiger partial charge in [-0.1, -0.05) is 13.8 Å². The number of amides is 2. The van der Waals surface area contributed by atoms with Crippen molar-refractivity contribution in [1.29, 1.82) is 5.26 Å². The number of nitrogens with zero attached hydrogens (tertiary/aromatic N) is 2. The van der Waals surface area contributed by atoms with Gasteiger partial charge in [0.2, 0.25) is 11.8 Å². The molecule has 80 valence electrons. The Bertz CT molecular complexity index is 334. The molecule has 0 spiro atoms. The summed E-state index contributed by atoms with van der Waals surface area (Å²) in [6.07, 6.45) is 1.91. The molecule has 0 bridgehead atoms. The molecule has 4 heteroatoms. The first-order chi connectivity index (χ1) is 7.07.